The van der Waals surface area contributed by atoms with Crippen molar-refractivity contribution in [3.05, 3.63) is 84.2 Å². The number of hydrogen-bond donors (Lipinski definition) is 0. The van der Waals surface area contributed by atoms with E-state index in [1.165, 1.54) is 22.3 Å². The lowest BCUT2D eigenvalue weighted by Gasteiger charge is -2.10. The van der Waals surface area contributed by atoms with Crippen LogP contribution in [0.15, 0.2) is 73.1 Å². The smallest absolute Gasteiger partial charge is 0.0346 e. The molecule has 1 heteroatoms. The fraction of sp³-hybridized carbons (Fsp3) is 0.150. The van der Waals surface area contributed by atoms with Gasteiger partial charge >= 0.3 is 0 Å². The Labute approximate surface area is 127 Å². The monoisotopic (exact) mass is 275 g/mol. The molecule has 0 atom stereocenters. The fourth-order valence-corrected chi connectivity index (χ4v) is 2.17. The van der Waals surface area contributed by atoms with Gasteiger partial charge in [-0.1, -0.05) is 48.6 Å². The Morgan fingerprint density at radius 3 is 2.52 bits per heavy atom. The first-order chi connectivity index (χ1) is 10.1. The first kappa shape index (κ1) is 15.0. The second kappa shape index (κ2) is 6.85. The zero-order valence-electron chi connectivity index (χ0n) is 12.9. The minimum atomic E-state index is 1.13. The average molecular weight is 275 g/mol. The van der Waals surface area contributed by atoms with Gasteiger partial charge in [-0.2, -0.15) is 0 Å². The molecule has 1 aromatic heterocycles. The second-order valence-corrected chi connectivity index (χ2v) is 5.34. The van der Waals surface area contributed by atoms with Crippen LogP contribution < -0.4 is 0 Å². The highest BCUT2D eigenvalue weighted by Crippen LogP contribution is 2.27. The Morgan fingerprint density at radius 2 is 1.90 bits per heavy atom. The Bertz CT molecular complexity index is 687. The minimum Gasteiger partial charge on any atom is -0.264 e. The number of pyridine rings is 1. The van der Waals surface area contributed by atoms with E-state index in [0.29, 0.717) is 0 Å². The average Bonchev–Trinajstić information content (AvgIpc) is 2.50. The van der Waals surface area contributed by atoms with Crippen LogP contribution in [0, 0.1) is 6.92 Å². The van der Waals surface area contributed by atoms with E-state index in [1.807, 2.05) is 18.3 Å². The second-order valence-electron chi connectivity index (χ2n) is 5.34. The molecule has 0 saturated carbocycles. The molecule has 0 aliphatic heterocycles. The number of aryl methyl sites for hydroxylation is 1. The van der Waals surface area contributed by atoms with Crippen LogP contribution in [0.4, 0.5) is 0 Å². The molecule has 0 bridgehead atoms. The lowest BCUT2D eigenvalue weighted by atomic mass is 9.95. The van der Waals surface area contributed by atoms with Gasteiger partial charge in [0.05, 0.1) is 0 Å². The van der Waals surface area contributed by atoms with E-state index in [0.717, 1.165) is 11.1 Å². The summed E-state index contributed by atoms with van der Waals surface area (Å²) in [4.78, 5) is 4.19. The summed E-state index contributed by atoms with van der Waals surface area (Å²) >= 11 is 0. The van der Waals surface area contributed by atoms with Crippen LogP contribution in [-0.4, -0.2) is 4.98 Å². The van der Waals surface area contributed by atoms with Gasteiger partial charge in [0, 0.05) is 18.0 Å². The largest absolute Gasteiger partial charge is 0.264 e. The maximum Gasteiger partial charge on any atom is 0.0346 e. The summed E-state index contributed by atoms with van der Waals surface area (Å²) in [6.45, 7) is 10.3. The van der Waals surface area contributed by atoms with E-state index in [4.69, 9.17) is 0 Å². The molecule has 1 heterocycles. The maximum atomic E-state index is 4.19. The summed E-state index contributed by atoms with van der Waals surface area (Å²) < 4.78 is 0. The molecule has 1 nitrogen and oxygen atoms in total. The number of hydrogen-bond acceptors (Lipinski definition) is 1. The van der Waals surface area contributed by atoms with Crippen LogP contribution in [0.2, 0.25) is 0 Å². The van der Waals surface area contributed by atoms with Crippen LogP contribution in [0.5, 0.6) is 0 Å². The zero-order chi connectivity index (χ0) is 15.2. The Morgan fingerprint density at radius 1 is 1.10 bits per heavy atom. The molecule has 0 aliphatic rings. The van der Waals surface area contributed by atoms with Gasteiger partial charge in [0.2, 0.25) is 0 Å². The molecule has 0 fully saturated rings. The van der Waals surface area contributed by atoms with Crippen molar-refractivity contribution < 1.29 is 0 Å². The molecule has 0 unspecified atom stereocenters. The predicted octanol–water partition coefficient (Wildman–Crippen LogP) is 5.59. The summed E-state index contributed by atoms with van der Waals surface area (Å²) in [5.41, 5.74) is 7.17. The fourth-order valence-electron chi connectivity index (χ4n) is 2.17. The number of benzene rings is 1. The van der Waals surface area contributed by atoms with E-state index in [-0.39, 0.29) is 0 Å². The van der Waals surface area contributed by atoms with Crippen LogP contribution in [-0.2, 0) is 0 Å². The van der Waals surface area contributed by atoms with Gasteiger partial charge in [0.15, 0.2) is 0 Å². The molecule has 0 spiro atoms. The van der Waals surface area contributed by atoms with Crippen molar-refractivity contribution in [2.45, 2.75) is 20.8 Å². The van der Waals surface area contributed by atoms with Gasteiger partial charge in [-0.05, 0) is 55.2 Å². The van der Waals surface area contributed by atoms with Gasteiger partial charge < -0.3 is 0 Å². The summed E-state index contributed by atoms with van der Waals surface area (Å²) in [7, 11) is 0. The molecule has 21 heavy (non-hydrogen) atoms. The van der Waals surface area contributed by atoms with E-state index in [2.05, 4.69) is 68.8 Å². The number of allylic oxidation sites excluding steroid dienone is 5. The van der Waals surface area contributed by atoms with E-state index in [9.17, 15) is 0 Å². The van der Waals surface area contributed by atoms with Gasteiger partial charge in [0.1, 0.15) is 0 Å². The molecule has 1 aromatic carbocycles. The molecular formula is C20H21N. The minimum absolute atomic E-state index is 1.13. The highest BCUT2D eigenvalue weighted by molar-refractivity contribution is 5.80. The van der Waals surface area contributed by atoms with E-state index < -0.39 is 0 Å². The SMILES string of the molecule is C=C/C(=C\C=C(C)C)c1cc(-c2cccnc2)ccc1C. The topological polar surface area (TPSA) is 12.9 Å². The molecule has 2 rings (SSSR count). The third kappa shape index (κ3) is 3.79. The van der Waals surface area contributed by atoms with Crippen molar-refractivity contribution >= 4 is 5.57 Å². The molecule has 0 aliphatic carbocycles. The quantitative estimate of drug-likeness (QED) is 0.662. The maximum absolute atomic E-state index is 4.19. The van der Waals surface area contributed by atoms with E-state index in [1.54, 1.807) is 6.20 Å². The van der Waals surface area contributed by atoms with Crippen LogP contribution in [0.25, 0.3) is 16.7 Å². The number of aromatic nitrogens is 1. The van der Waals surface area contributed by atoms with Gasteiger partial charge in [-0.15, -0.1) is 0 Å². The third-order valence-electron chi connectivity index (χ3n) is 3.36. The van der Waals surface area contributed by atoms with Crippen LogP contribution >= 0.6 is 0 Å². The lowest BCUT2D eigenvalue weighted by molar-refractivity contribution is 1.32. The van der Waals surface area contributed by atoms with Crippen molar-refractivity contribution in [2.75, 3.05) is 0 Å². The summed E-state index contributed by atoms with van der Waals surface area (Å²) in [5, 5.41) is 0. The third-order valence-corrected chi connectivity index (χ3v) is 3.36. The molecule has 0 radical (unpaired) electrons. The van der Waals surface area contributed by atoms with Crippen LogP contribution in [0.3, 0.4) is 0 Å². The lowest BCUT2D eigenvalue weighted by Crippen LogP contribution is -1.89. The summed E-state index contributed by atoms with van der Waals surface area (Å²) in [6, 6.07) is 10.5. The molecule has 106 valence electrons. The van der Waals surface area contributed by atoms with Crippen LogP contribution in [0.1, 0.15) is 25.0 Å². The van der Waals surface area contributed by atoms with Crippen molar-refractivity contribution in [1.82, 2.24) is 4.98 Å². The standard InChI is InChI=1S/C20H21N/c1-5-17(10-8-15(2)3)20-13-18(11-9-16(20)4)19-7-6-12-21-14-19/h5-14H,1H2,2-4H3/b17-10+. The van der Waals surface area contributed by atoms with Crippen molar-refractivity contribution in [3.8, 4) is 11.1 Å². The van der Waals surface area contributed by atoms with Gasteiger partial charge in [-0.3, -0.25) is 4.98 Å². The summed E-state index contributed by atoms with van der Waals surface area (Å²) in [5.74, 6) is 0. The van der Waals surface area contributed by atoms with Crippen molar-refractivity contribution in [3.63, 3.8) is 0 Å². The molecular weight excluding hydrogens is 254 g/mol. The Kier molecular flexibility index (Phi) is 4.89. The highest BCUT2D eigenvalue weighted by Gasteiger charge is 2.05. The van der Waals surface area contributed by atoms with Crippen molar-refractivity contribution in [1.29, 1.82) is 0 Å². The normalized spacial score (nSPS) is 11.1. The molecule has 0 amide bonds. The predicted molar refractivity (Wildman–Crippen MR) is 92.0 cm³/mol. The first-order valence-electron chi connectivity index (χ1n) is 7.11. The van der Waals surface area contributed by atoms with Crippen molar-refractivity contribution in [2.24, 2.45) is 0 Å². The highest BCUT2D eigenvalue weighted by atomic mass is 14.6. The molecule has 0 N–H and O–H groups in total. The molecule has 2 aromatic rings. The first-order valence-corrected chi connectivity index (χ1v) is 7.11. The van der Waals surface area contributed by atoms with Gasteiger partial charge in [-0.25, -0.2) is 0 Å². The zero-order valence-corrected chi connectivity index (χ0v) is 12.9. The molecule has 0 saturated heterocycles. The summed E-state index contributed by atoms with van der Waals surface area (Å²) in [6.07, 6.45) is 9.84. The number of nitrogens with zero attached hydrogens (tertiary/aromatic N) is 1. The Balaban J connectivity index is 2.51. The Hall–Kier alpha value is -2.41. The number of rotatable bonds is 4. The van der Waals surface area contributed by atoms with E-state index >= 15 is 0 Å². The van der Waals surface area contributed by atoms with Gasteiger partial charge in [0.25, 0.3) is 0 Å².